The fraction of sp³-hybridized carbons (Fsp3) is 0.667. The summed E-state index contributed by atoms with van der Waals surface area (Å²) in [6.45, 7) is 4.96. The number of benzene rings is 1. The molecule has 6 nitrogen and oxygen atoms in total. The van der Waals surface area contributed by atoms with Crippen molar-refractivity contribution in [3.8, 4) is 5.75 Å². The van der Waals surface area contributed by atoms with Crippen molar-refractivity contribution in [2.24, 2.45) is 5.92 Å². The van der Waals surface area contributed by atoms with Crippen LogP contribution in [0.1, 0.15) is 38.7 Å². The van der Waals surface area contributed by atoms with Crippen LogP contribution >= 0.6 is 0 Å². The fourth-order valence-corrected chi connectivity index (χ4v) is 3.96. The molecule has 25 heavy (non-hydrogen) atoms. The highest BCUT2D eigenvalue weighted by molar-refractivity contribution is 7.89. The molecule has 7 heteroatoms. The Morgan fingerprint density at radius 2 is 2.04 bits per heavy atom. The molecule has 0 saturated heterocycles. The van der Waals surface area contributed by atoms with E-state index >= 15 is 0 Å². The molecular formula is C18H29NO5S. The molecule has 142 valence electrons. The van der Waals surface area contributed by atoms with Crippen molar-refractivity contribution in [3.05, 3.63) is 29.8 Å². The van der Waals surface area contributed by atoms with E-state index in [1.54, 1.807) is 0 Å². The van der Waals surface area contributed by atoms with Crippen LogP contribution in [-0.2, 0) is 25.0 Å². The van der Waals surface area contributed by atoms with Crippen molar-refractivity contribution in [2.75, 3.05) is 32.9 Å². The molecule has 0 unspecified atom stereocenters. The van der Waals surface area contributed by atoms with Gasteiger partial charge in [0.1, 0.15) is 12.5 Å². The predicted octanol–water partition coefficient (Wildman–Crippen LogP) is 2.64. The Kier molecular flexibility index (Phi) is 7.25. The van der Waals surface area contributed by atoms with Gasteiger partial charge in [0, 0.05) is 7.11 Å². The van der Waals surface area contributed by atoms with E-state index in [1.807, 2.05) is 38.1 Å². The summed E-state index contributed by atoms with van der Waals surface area (Å²) in [5.74, 6) is 1.47. The molecule has 0 heterocycles. The molecule has 0 amide bonds. The van der Waals surface area contributed by atoms with E-state index in [0.29, 0.717) is 18.9 Å². The van der Waals surface area contributed by atoms with Crippen LogP contribution in [0, 0.1) is 5.92 Å². The minimum atomic E-state index is -3.41. The molecule has 1 saturated carbocycles. The molecule has 1 N–H and O–H groups in total. The highest BCUT2D eigenvalue weighted by atomic mass is 32.2. The van der Waals surface area contributed by atoms with Gasteiger partial charge in [0.15, 0.2) is 0 Å². The van der Waals surface area contributed by atoms with Gasteiger partial charge in [0.25, 0.3) is 0 Å². The Morgan fingerprint density at radius 1 is 1.28 bits per heavy atom. The Morgan fingerprint density at radius 3 is 2.72 bits per heavy atom. The third-order valence-corrected chi connectivity index (χ3v) is 5.70. The van der Waals surface area contributed by atoms with Gasteiger partial charge in [-0.25, -0.2) is 13.1 Å². The van der Waals surface area contributed by atoms with Gasteiger partial charge in [0.2, 0.25) is 10.0 Å². The van der Waals surface area contributed by atoms with E-state index in [-0.39, 0.29) is 12.5 Å². The number of methoxy groups -OCH3 is 1. The highest BCUT2D eigenvalue weighted by Gasteiger charge is 2.27. The number of nitrogens with one attached hydrogen (secondary N) is 1. The molecule has 1 aliphatic carbocycles. The minimum Gasteiger partial charge on any atom is -0.493 e. The zero-order chi connectivity index (χ0) is 18.3. The summed E-state index contributed by atoms with van der Waals surface area (Å²) in [4.78, 5) is 0. The zero-order valence-electron chi connectivity index (χ0n) is 15.3. The lowest BCUT2D eigenvalue weighted by molar-refractivity contribution is -0.0298. The number of hydrogen-bond donors (Lipinski definition) is 1. The standard InChI is InChI=1S/C18H29NO5S/c1-18(2,19-25(20,21)11-5-10-23-14-22-3)16-6-4-7-17(12-16)24-13-15-8-9-15/h4,6-7,12,15,19H,5,8-11,13-14H2,1-3H3. The molecule has 1 aromatic rings. The van der Waals surface area contributed by atoms with Crippen LogP contribution < -0.4 is 9.46 Å². The van der Waals surface area contributed by atoms with Crippen LogP contribution in [0.3, 0.4) is 0 Å². The molecule has 1 aromatic carbocycles. The first-order chi connectivity index (χ1) is 11.8. The maximum atomic E-state index is 12.3. The molecular weight excluding hydrogens is 342 g/mol. The molecule has 0 atom stereocenters. The van der Waals surface area contributed by atoms with Gasteiger partial charge in [-0.05, 0) is 56.7 Å². The molecule has 0 aromatic heterocycles. The fourth-order valence-electron chi connectivity index (χ4n) is 2.47. The topological polar surface area (TPSA) is 73.9 Å². The van der Waals surface area contributed by atoms with E-state index in [9.17, 15) is 8.42 Å². The third-order valence-electron chi connectivity index (χ3n) is 4.05. The Labute approximate surface area is 150 Å². The van der Waals surface area contributed by atoms with E-state index in [4.69, 9.17) is 14.2 Å². The quantitative estimate of drug-likeness (QED) is 0.452. The molecule has 1 fully saturated rings. The van der Waals surface area contributed by atoms with Gasteiger partial charge in [0.05, 0.1) is 24.5 Å². The lowest BCUT2D eigenvalue weighted by atomic mass is 9.95. The Hall–Kier alpha value is -1.15. The average molecular weight is 371 g/mol. The van der Waals surface area contributed by atoms with Gasteiger partial charge in [-0.3, -0.25) is 0 Å². The van der Waals surface area contributed by atoms with Crippen LogP contribution in [0.4, 0.5) is 0 Å². The Balaban J connectivity index is 1.91. The lowest BCUT2D eigenvalue weighted by Gasteiger charge is -2.27. The second-order valence-corrected chi connectivity index (χ2v) is 8.84. The molecule has 0 bridgehead atoms. The summed E-state index contributed by atoms with van der Waals surface area (Å²) >= 11 is 0. The second kappa shape index (κ2) is 8.98. The molecule has 0 aliphatic heterocycles. The van der Waals surface area contributed by atoms with Crippen LogP contribution in [0.2, 0.25) is 0 Å². The second-order valence-electron chi connectivity index (χ2n) is 7.00. The van der Waals surface area contributed by atoms with Crippen molar-refractivity contribution in [2.45, 2.75) is 38.6 Å². The monoisotopic (exact) mass is 371 g/mol. The summed E-state index contributed by atoms with van der Waals surface area (Å²) in [7, 11) is -1.88. The number of rotatable bonds is 12. The van der Waals surface area contributed by atoms with E-state index in [2.05, 4.69) is 4.72 Å². The van der Waals surface area contributed by atoms with Crippen molar-refractivity contribution in [1.82, 2.24) is 4.72 Å². The SMILES string of the molecule is COCOCCCS(=O)(=O)NC(C)(C)c1cccc(OCC2CC2)c1. The normalized spacial score (nSPS) is 15.3. The summed E-state index contributed by atoms with van der Waals surface area (Å²) in [5.41, 5.74) is 0.158. The summed E-state index contributed by atoms with van der Waals surface area (Å²) < 4.78 is 43.1. The number of ether oxygens (including phenoxy) is 3. The smallest absolute Gasteiger partial charge is 0.212 e. The van der Waals surface area contributed by atoms with Crippen LogP contribution in [0.15, 0.2) is 24.3 Å². The first kappa shape index (κ1) is 20.2. The lowest BCUT2D eigenvalue weighted by Crippen LogP contribution is -2.42. The van der Waals surface area contributed by atoms with Crippen LogP contribution in [-0.4, -0.2) is 41.3 Å². The molecule has 2 rings (SSSR count). The largest absolute Gasteiger partial charge is 0.493 e. The molecule has 0 spiro atoms. The zero-order valence-corrected chi connectivity index (χ0v) is 16.1. The van der Waals surface area contributed by atoms with Crippen molar-refractivity contribution in [1.29, 1.82) is 0 Å². The van der Waals surface area contributed by atoms with E-state index in [0.717, 1.165) is 17.9 Å². The summed E-state index contributed by atoms with van der Waals surface area (Å²) in [5, 5.41) is 0. The van der Waals surface area contributed by atoms with E-state index < -0.39 is 15.6 Å². The van der Waals surface area contributed by atoms with E-state index in [1.165, 1.54) is 20.0 Å². The maximum Gasteiger partial charge on any atom is 0.212 e. The van der Waals surface area contributed by atoms with Gasteiger partial charge in [-0.2, -0.15) is 0 Å². The maximum absolute atomic E-state index is 12.3. The summed E-state index contributed by atoms with van der Waals surface area (Å²) in [6.07, 6.45) is 2.89. The summed E-state index contributed by atoms with van der Waals surface area (Å²) in [6, 6.07) is 7.62. The van der Waals surface area contributed by atoms with Crippen LogP contribution in [0.25, 0.3) is 0 Å². The van der Waals surface area contributed by atoms with Gasteiger partial charge >= 0.3 is 0 Å². The van der Waals surface area contributed by atoms with Crippen molar-refractivity contribution >= 4 is 10.0 Å². The van der Waals surface area contributed by atoms with Gasteiger partial charge in [-0.15, -0.1) is 0 Å². The number of hydrogen-bond acceptors (Lipinski definition) is 5. The van der Waals surface area contributed by atoms with Crippen LogP contribution in [0.5, 0.6) is 5.75 Å². The van der Waals surface area contributed by atoms with Gasteiger partial charge in [-0.1, -0.05) is 12.1 Å². The third kappa shape index (κ3) is 7.32. The number of sulfonamides is 1. The minimum absolute atomic E-state index is 0.0119. The first-order valence-electron chi connectivity index (χ1n) is 8.64. The molecule has 1 aliphatic rings. The average Bonchev–Trinajstić information content (AvgIpc) is 3.36. The molecule has 0 radical (unpaired) electrons. The van der Waals surface area contributed by atoms with Gasteiger partial charge < -0.3 is 14.2 Å². The van der Waals surface area contributed by atoms with Crippen molar-refractivity contribution < 1.29 is 22.6 Å². The highest BCUT2D eigenvalue weighted by Crippen LogP contribution is 2.30. The van der Waals surface area contributed by atoms with Crippen molar-refractivity contribution in [3.63, 3.8) is 0 Å². The first-order valence-corrected chi connectivity index (χ1v) is 10.3. The Bertz CT molecular complexity index is 641. The predicted molar refractivity (Wildman–Crippen MR) is 97.1 cm³/mol.